The van der Waals surface area contributed by atoms with Crippen molar-refractivity contribution < 1.29 is 0 Å². The van der Waals surface area contributed by atoms with E-state index in [1.54, 1.807) is 0 Å². The van der Waals surface area contributed by atoms with E-state index >= 15 is 0 Å². The first-order valence-corrected chi connectivity index (χ1v) is 39.3. The highest BCUT2D eigenvalue weighted by atomic mass is 15.0. The van der Waals surface area contributed by atoms with E-state index in [1.807, 2.05) is 0 Å². The third-order valence-corrected chi connectivity index (χ3v) is 25.7. The van der Waals surface area contributed by atoms with Gasteiger partial charge in [-0.2, -0.15) is 0 Å². The van der Waals surface area contributed by atoms with E-state index in [-0.39, 0.29) is 16.2 Å². The Morgan fingerprint density at radius 3 is 0.946 bits per heavy atom. The minimum Gasteiger partial charge on any atom is -0.309 e. The zero-order chi connectivity index (χ0) is 74.6. The van der Waals surface area contributed by atoms with Gasteiger partial charge in [-0.25, -0.2) is 9.97 Å². The van der Waals surface area contributed by atoms with Gasteiger partial charge < -0.3 is 13.7 Å². The molecule has 0 unspecified atom stereocenters. The molecule has 112 heavy (non-hydrogen) atoms. The summed E-state index contributed by atoms with van der Waals surface area (Å²) in [5.74, 6) is 0.647. The molecule has 23 rings (SSSR count). The van der Waals surface area contributed by atoms with Gasteiger partial charge in [0, 0.05) is 82.1 Å². The zero-order valence-electron chi connectivity index (χ0n) is 63.1. The standard InChI is InChI=1S/C107H75N5/c1-105(2)87-40-13-7-31-77(87)83-61-66(49-53-90(83)105)74-37-22-46-97-100(74)80-34-10-16-43-94(80)110(97)71-28-19-25-64(57-71)65-52-56-93-86(60-65)103(69-26-20-29-72(58-69)111-95-44-17-11-35-81(95)101-75(38-23-47-98(101)111)67-50-54-91-84(62-67)78-32-8-14-41-88(78)106(91,3)4)109-104(108-93)70-27-21-30-73(59-70)112-96-45-18-12-36-82(96)102-76(39-24-48-99(102)112)68-51-55-92-85(63-68)79-33-9-15-42-89(79)107(92,5)6/h7-63H,1-6H3. The van der Waals surface area contributed by atoms with Crippen molar-refractivity contribution in [2.75, 3.05) is 0 Å². The third kappa shape index (κ3) is 9.19. The first-order chi connectivity index (χ1) is 54.8. The molecule has 0 atom stereocenters. The number of nitrogens with zero attached hydrogens (tertiary/aromatic N) is 5. The summed E-state index contributed by atoms with van der Waals surface area (Å²) in [4.78, 5) is 11.5. The Labute approximate surface area is 650 Å². The molecule has 3 aliphatic carbocycles. The van der Waals surface area contributed by atoms with Gasteiger partial charge in [0.05, 0.1) is 44.3 Å². The summed E-state index contributed by atoms with van der Waals surface area (Å²) in [5.41, 5.74) is 39.0. The molecule has 0 fully saturated rings. The van der Waals surface area contributed by atoms with E-state index in [0.717, 1.165) is 89.0 Å². The number of hydrogen-bond acceptors (Lipinski definition) is 2. The summed E-state index contributed by atoms with van der Waals surface area (Å²) in [7, 11) is 0. The van der Waals surface area contributed by atoms with E-state index in [9.17, 15) is 0 Å². The lowest BCUT2D eigenvalue weighted by Gasteiger charge is -2.21. The summed E-state index contributed by atoms with van der Waals surface area (Å²) in [6.45, 7) is 14.1. The molecule has 5 heteroatoms. The van der Waals surface area contributed by atoms with Crippen LogP contribution in [-0.4, -0.2) is 23.7 Å². The molecule has 4 aromatic heterocycles. The molecule has 0 spiro atoms. The maximum absolute atomic E-state index is 5.85. The van der Waals surface area contributed by atoms with Crippen molar-refractivity contribution in [1.82, 2.24) is 23.7 Å². The van der Waals surface area contributed by atoms with Gasteiger partial charge in [0.25, 0.3) is 0 Å². The SMILES string of the molecule is CC1(C)c2ccccc2-c2cc(-c3cccc4c3c3ccccc3n4-c3cccc(-c4ccc5nc(-c6cccc(-n7c8ccccc8c8c(-c9ccc%10c(c9)-c9ccccc9C%10(C)C)cccc87)c6)nc(-c6cccc(-n7c8ccccc8c8c(-c9ccc%10c(c9)-c9ccccc9C%10(C)C)cccc87)c6)c5c4)c3)ccc21. The summed E-state index contributed by atoms with van der Waals surface area (Å²) >= 11 is 0. The van der Waals surface area contributed by atoms with Gasteiger partial charge >= 0.3 is 0 Å². The average molecular weight is 1430 g/mol. The molecule has 0 N–H and O–H groups in total. The van der Waals surface area contributed by atoms with Gasteiger partial charge in [0.15, 0.2) is 5.82 Å². The number of hydrogen-bond donors (Lipinski definition) is 0. The summed E-state index contributed by atoms with van der Waals surface area (Å²) in [6, 6.07) is 129. The van der Waals surface area contributed by atoms with Gasteiger partial charge in [-0.1, -0.05) is 284 Å². The first-order valence-electron chi connectivity index (χ1n) is 39.3. The van der Waals surface area contributed by atoms with Crippen LogP contribution in [0.3, 0.4) is 0 Å². The molecule has 0 saturated heterocycles. The number of fused-ring (bicyclic) bond motifs is 19. The second kappa shape index (κ2) is 23.6. The van der Waals surface area contributed by atoms with E-state index in [2.05, 4.69) is 401 Å². The van der Waals surface area contributed by atoms with Crippen molar-refractivity contribution in [3.8, 4) is 118 Å². The van der Waals surface area contributed by atoms with Crippen LogP contribution in [0, 0.1) is 0 Å². The van der Waals surface area contributed by atoms with Crippen LogP contribution in [-0.2, 0) is 16.2 Å². The van der Waals surface area contributed by atoms with Crippen molar-refractivity contribution in [1.29, 1.82) is 0 Å². The van der Waals surface area contributed by atoms with Crippen LogP contribution < -0.4 is 0 Å². The quantitative estimate of drug-likeness (QED) is 0.144. The summed E-state index contributed by atoms with van der Waals surface area (Å²) in [6.07, 6.45) is 0. The molecule has 0 bridgehead atoms. The summed E-state index contributed by atoms with van der Waals surface area (Å²) < 4.78 is 7.35. The fourth-order valence-corrected chi connectivity index (χ4v) is 20.3. The molecule has 0 saturated carbocycles. The molecular weight excluding hydrogens is 1360 g/mol. The Hall–Kier alpha value is -13.7. The lowest BCUT2D eigenvalue weighted by atomic mass is 9.82. The van der Waals surface area contributed by atoms with Crippen LogP contribution >= 0.6 is 0 Å². The number of aromatic nitrogens is 5. The van der Waals surface area contributed by atoms with Crippen molar-refractivity contribution in [2.45, 2.75) is 57.8 Å². The molecule has 20 aromatic rings. The molecular formula is C107H75N5. The number of benzene rings is 16. The molecule has 528 valence electrons. The Bertz CT molecular complexity index is 7490. The van der Waals surface area contributed by atoms with E-state index in [1.165, 1.54) is 132 Å². The van der Waals surface area contributed by atoms with Crippen molar-refractivity contribution >= 4 is 76.3 Å². The predicted molar refractivity (Wildman–Crippen MR) is 468 cm³/mol. The predicted octanol–water partition coefficient (Wildman–Crippen LogP) is 27.8. The Kier molecular flexibility index (Phi) is 13.6. The molecule has 16 aromatic carbocycles. The highest BCUT2D eigenvalue weighted by molar-refractivity contribution is 6.19. The monoisotopic (exact) mass is 1430 g/mol. The minimum absolute atomic E-state index is 0.0744. The molecule has 5 nitrogen and oxygen atoms in total. The number of para-hydroxylation sites is 3. The molecule has 0 amide bonds. The van der Waals surface area contributed by atoms with Crippen LogP contribution in [0.2, 0.25) is 0 Å². The minimum atomic E-state index is -0.0870. The van der Waals surface area contributed by atoms with Crippen LogP contribution in [0.1, 0.15) is 74.9 Å². The third-order valence-electron chi connectivity index (χ3n) is 25.7. The first kappa shape index (κ1) is 64.3. The van der Waals surface area contributed by atoms with Crippen LogP contribution in [0.15, 0.2) is 346 Å². The molecule has 0 aliphatic heterocycles. The fourth-order valence-electron chi connectivity index (χ4n) is 20.3. The van der Waals surface area contributed by atoms with E-state index in [4.69, 9.17) is 9.97 Å². The Morgan fingerprint density at radius 1 is 0.205 bits per heavy atom. The second-order valence-electron chi connectivity index (χ2n) is 32.7. The van der Waals surface area contributed by atoms with Gasteiger partial charge in [0.2, 0.25) is 0 Å². The van der Waals surface area contributed by atoms with Crippen LogP contribution in [0.4, 0.5) is 0 Å². The second-order valence-corrected chi connectivity index (χ2v) is 32.7. The van der Waals surface area contributed by atoms with Crippen LogP contribution in [0.5, 0.6) is 0 Å². The van der Waals surface area contributed by atoms with Gasteiger partial charge in [-0.3, -0.25) is 0 Å². The topological polar surface area (TPSA) is 40.6 Å². The maximum Gasteiger partial charge on any atom is 0.160 e. The molecule has 0 radical (unpaired) electrons. The summed E-state index contributed by atoms with van der Waals surface area (Å²) in [5, 5.41) is 8.28. The largest absolute Gasteiger partial charge is 0.309 e. The normalized spacial score (nSPS) is 14.0. The van der Waals surface area contributed by atoms with Crippen LogP contribution in [0.25, 0.3) is 194 Å². The van der Waals surface area contributed by atoms with Gasteiger partial charge in [-0.15, -0.1) is 0 Å². The van der Waals surface area contributed by atoms with Gasteiger partial charge in [0.1, 0.15) is 0 Å². The van der Waals surface area contributed by atoms with Crippen molar-refractivity contribution in [2.24, 2.45) is 0 Å². The smallest absolute Gasteiger partial charge is 0.160 e. The number of rotatable bonds is 9. The van der Waals surface area contributed by atoms with Crippen molar-refractivity contribution in [3.05, 3.63) is 379 Å². The molecule has 3 aliphatic rings. The zero-order valence-corrected chi connectivity index (χ0v) is 63.1. The van der Waals surface area contributed by atoms with Gasteiger partial charge in [-0.05, 0) is 214 Å². The van der Waals surface area contributed by atoms with E-state index in [0.29, 0.717) is 5.82 Å². The highest BCUT2D eigenvalue weighted by Crippen LogP contribution is 2.55. The fraction of sp³-hybridized carbons (Fsp3) is 0.0841. The average Bonchev–Trinajstić information content (AvgIpc) is 1.53. The lowest BCUT2D eigenvalue weighted by molar-refractivity contribution is 0.660. The van der Waals surface area contributed by atoms with E-state index < -0.39 is 0 Å². The Balaban J connectivity index is 0.682. The lowest BCUT2D eigenvalue weighted by Crippen LogP contribution is -2.14. The highest BCUT2D eigenvalue weighted by Gasteiger charge is 2.39. The maximum atomic E-state index is 5.85. The molecule has 4 heterocycles. The van der Waals surface area contributed by atoms with Crippen molar-refractivity contribution in [3.63, 3.8) is 0 Å². The Morgan fingerprint density at radius 2 is 0.518 bits per heavy atom.